The van der Waals surface area contributed by atoms with Crippen LogP contribution in [-0.2, 0) is 11.3 Å². The minimum atomic E-state index is -2.74. The molecule has 26 heavy (non-hydrogen) atoms. The van der Waals surface area contributed by atoms with Crippen LogP contribution in [0.1, 0.15) is 35.3 Å². The lowest BCUT2D eigenvalue weighted by Crippen LogP contribution is -2.47. The molecule has 0 saturated heterocycles. The monoisotopic (exact) mass is 365 g/mol. The maximum absolute atomic E-state index is 13.3. The molecule has 2 aromatic rings. The first kappa shape index (κ1) is 17.8. The average Bonchev–Trinajstić information content (AvgIpc) is 3.04. The predicted molar refractivity (Wildman–Crippen MR) is 87.4 cm³/mol. The molecule has 2 heterocycles. The van der Waals surface area contributed by atoms with Crippen molar-refractivity contribution in [2.75, 3.05) is 4.90 Å². The Morgan fingerprint density at radius 2 is 2.04 bits per heavy atom. The molecule has 2 atom stereocenters. The van der Waals surface area contributed by atoms with Crippen LogP contribution < -0.4 is 4.90 Å². The number of carboxylic acid groups (broad SMARTS) is 1. The van der Waals surface area contributed by atoms with Crippen LogP contribution in [0.3, 0.4) is 0 Å². The smallest absolute Gasteiger partial charge is 0.416 e. The van der Waals surface area contributed by atoms with Gasteiger partial charge in [-0.1, -0.05) is 30.3 Å². The molecule has 0 fully saturated rings. The second-order valence-corrected chi connectivity index (χ2v) is 6.03. The van der Waals surface area contributed by atoms with Crippen molar-refractivity contribution < 1.29 is 28.2 Å². The number of aromatic carboxylic acids is 1. The van der Waals surface area contributed by atoms with Crippen LogP contribution in [0.25, 0.3) is 0 Å². The van der Waals surface area contributed by atoms with Crippen LogP contribution in [0.15, 0.2) is 36.5 Å². The zero-order chi connectivity index (χ0) is 18.8. The summed E-state index contributed by atoms with van der Waals surface area (Å²) in [6.07, 6.45) is -2.63. The van der Waals surface area contributed by atoms with E-state index >= 15 is 0 Å². The van der Waals surface area contributed by atoms with Crippen molar-refractivity contribution in [3.05, 3.63) is 47.7 Å². The van der Waals surface area contributed by atoms with Crippen LogP contribution in [-0.4, -0.2) is 39.4 Å². The Hall–Kier alpha value is -2.97. The number of nitrogens with zero attached hydrogens (tertiary/aromatic N) is 3. The van der Waals surface area contributed by atoms with E-state index in [2.05, 4.69) is 5.10 Å². The summed E-state index contributed by atoms with van der Waals surface area (Å²) in [6.45, 7) is 1.55. The van der Waals surface area contributed by atoms with Gasteiger partial charge in [0.25, 0.3) is 6.43 Å². The first-order chi connectivity index (χ1) is 12.4. The number of benzene rings is 1. The molecular formula is C17H17F2N3O4. The SMILES string of the molecule is C[C@@H]1C[C@H](C(F)F)n2ncc(C(=O)O)c2N1C(=O)OCc1ccccc1. The first-order valence-corrected chi connectivity index (χ1v) is 7.99. The molecule has 9 heteroatoms. The van der Waals surface area contributed by atoms with E-state index in [9.17, 15) is 23.5 Å². The van der Waals surface area contributed by atoms with E-state index in [4.69, 9.17) is 4.74 Å². The standard InChI is InChI=1S/C17H17F2N3O4/c1-10-7-13(14(18)19)22-15(12(8-20-22)16(23)24)21(10)17(25)26-9-11-5-3-2-4-6-11/h2-6,8,10,13-14H,7,9H2,1H3,(H,23,24)/t10-,13-/m1/s1. The van der Waals surface area contributed by atoms with Gasteiger partial charge < -0.3 is 9.84 Å². The largest absolute Gasteiger partial charge is 0.477 e. The van der Waals surface area contributed by atoms with Crippen LogP contribution in [0.4, 0.5) is 19.4 Å². The summed E-state index contributed by atoms with van der Waals surface area (Å²) in [5.41, 5.74) is 0.432. The number of fused-ring (bicyclic) bond motifs is 1. The number of carbonyl (C=O) groups excluding carboxylic acids is 1. The molecule has 0 radical (unpaired) electrons. The summed E-state index contributed by atoms with van der Waals surface area (Å²) in [7, 11) is 0. The Bertz CT molecular complexity index is 810. The Labute approximate surface area is 147 Å². The third kappa shape index (κ3) is 3.24. The van der Waals surface area contributed by atoms with E-state index in [-0.39, 0.29) is 24.4 Å². The van der Waals surface area contributed by atoms with Crippen LogP contribution in [0, 0.1) is 0 Å². The Kier molecular flexibility index (Phi) is 4.88. The number of anilines is 1. The minimum absolute atomic E-state index is 0.0162. The second-order valence-electron chi connectivity index (χ2n) is 6.03. The number of hydrogen-bond acceptors (Lipinski definition) is 4. The maximum Gasteiger partial charge on any atom is 0.416 e. The molecule has 0 bridgehead atoms. The highest BCUT2D eigenvalue weighted by Gasteiger charge is 2.42. The van der Waals surface area contributed by atoms with E-state index in [0.29, 0.717) is 0 Å². The zero-order valence-electron chi connectivity index (χ0n) is 13.9. The lowest BCUT2D eigenvalue weighted by Gasteiger charge is -2.37. The number of amides is 1. The van der Waals surface area contributed by atoms with E-state index in [1.807, 2.05) is 6.07 Å². The summed E-state index contributed by atoms with van der Waals surface area (Å²) in [4.78, 5) is 25.1. The number of aromatic nitrogens is 2. The van der Waals surface area contributed by atoms with E-state index < -0.39 is 30.6 Å². The summed E-state index contributed by atoms with van der Waals surface area (Å²) >= 11 is 0. The number of rotatable bonds is 4. The Morgan fingerprint density at radius 3 is 2.65 bits per heavy atom. The highest BCUT2D eigenvalue weighted by molar-refractivity contribution is 5.99. The van der Waals surface area contributed by atoms with Gasteiger partial charge in [0.05, 0.1) is 6.20 Å². The summed E-state index contributed by atoms with van der Waals surface area (Å²) in [5.74, 6) is -1.53. The van der Waals surface area contributed by atoms with E-state index in [0.717, 1.165) is 21.3 Å². The molecule has 1 aliphatic heterocycles. The molecule has 0 saturated carbocycles. The molecule has 1 amide bonds. The lowest BCUT2D eigenvalue weighted by molar-refractivity contribution is 0.0605. The van der Waals surface area contributed by atoms with Gasteiger partial charge in [-0.2, -0.15) is 5.10 Å². The molecule has 1 aromatic carbocycles. The van der Waals surface area contributed by atoms with Crippen molar-refractivity contribution in [3.63, 3.8) is 0 Å². The van der Waals surface area contributed by atoms with Gasteiger partial charge in [-0.15, -0.1) is 0 Å². The van der Waals surface area contributed by atoms with Gasteiger partial charge >= 0.3 is 12.1 Å². The Balaban J connectivity index is 1.91. The van der Waals surface area contributed by atoms with Crippen LogP contribution in [0.2, 0.25) is 0 Å². The molecule has 0 unspecified atom stereocenters. The second kappa shape index (κ2) is 7.11. The fraction of sp³-hybridized carbons (Fsp3) is 0.353. The summed E-state index contributed by atoms with van der Waals surface area (Å²) < 4.78 is 32.8. The Morgan fingerprint density at radius 1 is 1.35 bits per heavy atom. The van der Waals surface area contributed by atoms with Gasteiger partial charge in [0.2, 0.25) is 0 Å². The average molecular weight is 365 g/mol. The number of halogens is 2. The topological polar surface area (TPSA) is 84.7 Å². The third-order valence-corrected chi connectivity index (χ3v) is 4.26. The van der Waals surface area contributed by atoms with E-state index in [1.165, 1.54) is 0 Å². The maximum atomic E-state index is 13.3. The number of alkyl halides is 2. The summed E-state index contributed by atoms with van der Waals surface area (Å²) in [6, 6.07) is 6.97. The quantitative estimate of drug-likeness (QED) is 0.898. The van der Waals surface area contributed by atoms with Crippen molar-refractivity contribution >= 4 is 17.9 Å². The number of hydrogen-bond donors (Lipinski definition) is 1. The molecule has 1 aliphatic rings. The van der Waals surface area contributed by atoms with Gasteiger partial charge in [-0.25, -0.2) is 23.1 Å². The molecule has 7 nitrogen and oxygen atoms in total. The molecule has 1 N–H and O–H groups in total. The molecule has 138 valence electrons. The van der Waals surface area contributed by atoms with Gasteiger partial charge in [0, 0.05) is 6.04 Å². The first-order valence-electron chi connectivity index (χ1n) is 7.99. The van der Waals surface area contributed by atoms with Gasteiger partial charge in [-0.3, -0.25) is 4.90 Å². The highest BCUT2D eigenvalue weighted by Crippen LogP contribution is 2.37. The normalized spacial score (nSPS) is 19.3. The predicted octanol–water partition coefficient (Wildman–Crippen LogP) is 3.32. The number of carbonyl (C=O) groups is 2. The van der Waals surface area contributed by atoms with Gasteiger partial charge in [-0.05, 0) is 18.9 Å². The molecular weight excluding hydrogens is 348 g/mol. The zero-order valence-corrected chi connectivity index (χ0v) is 13.9. The van der Waals surface area contributed by atoms with Crippen LogP contribution >= 0.6 is 0 Å². The van der Waals surface area contributed by atoms with Crippen molar-refractivity contribution in [3.8, 4) is 0 Å². The van der Waals surface area contributed by atoms with Gasteiger partial charge in [0.15, 0.2) is 5.82 Å². The lowest BCUT2D eigenvalue weighted by atomic mass is 10.0. The van der Waals surface area contributed by atoms with E-state index in [1.54, 1.807) is 31.2 Å². The highest BCUT2D eigenvalue weighted by atomic mass is 19.3. The van der Waals surface area contributed by atoms with Crippen molar-refractivity contribution in [2.45, 2.75) is 38.5 Å². The molecule has 0 aliphatic carbocycles. The summed E-state index contributed by atoms with van der Waals surface area (Å²) in [5, 5.41) is 13.1. The van der Waals surface area contributed by atoms with Crippen molar-refractivity contribution in [2.24, 2.45) is 0 Å². The third-order valence-electron chi connectivity index (χ3n) is 4.26. The van der Waals surface area contributed by atoms with Crippen molar-refractivity contribution in [1.82, 2.24) is 9.78 Å². The fourth-order valence-electron chi connectivity index (χ4n) is 3.02. The fourth-order valence-corrected chi connectivity index (χ4v) is 3.02. The molecule has 3 rings (SSSR count). The molecule has 1 aromatic heterocycles. The number of carboxylic acids is 1. The molecule has 0 spiro atoms. The van der Waals surface area contributed by atoms with Gasteiger partial charge in [0.1, 0.15) is 18.2 Å². The minimum Gasteiger partial charge on any atom is -0.477 e. The van der Waals surface area contributed by atoms with Crippen LogP contribution in [0.5, 0.6) is 0 Å². The number of ether oxygens (including phenoxy) is 1. The van der Waals surface area contributed by atoms with Crippen molar-refractivity contribution in [1.29, 1.82) is 0 Å².